The zero-order valence-corrected chi connectivity index (χ0v) is 84.6. The van der Waals surface area contributed by atoms with Gasteiger partial charge in [-0.2, -0.15) is 0 Å². The van der Waals surface area contributed by atoms with Crippen molar-refractivity contribution in [1.82, 2.24) is 49.8 Å². The van der Waals surface area contributed by atoms with Crippen molar-refractivity contribution in [1.29, 1.82) is 0 Å². The van der Waals surface area contributed by atoms with Gasteiger partial charge < -0.3 is 0 Å². The molecule has 24 aromatic rings. The lowest BCUT2D eigenvalue weighted by atomic mass is 9.99. The highest BCUT2D eigenvalue weighted by Crippen LogP contribution is 2.37. The van der Waals surface area contributed by atoms with E-state index >= 15 is 0 Å². The molecule has 6 heterocycles. The summed E-state index contributed by atoms with van der Waals surface area (Å²) >= 11 is 0. The molecule has 0 aliphatic heterocycles. The summed E-state index contributed by atoms with van der Waals surface area (Å²) in [5.74, 6) is 3.67. The third-order valence-corrected chi connectivity index (χ3v) is 25.4. The van der Waals surface area contributed by atoms with Crippen LogP contribution < -0.4 is 0 Å². The number of pyridine rings is 3. The number of hydrogen-bond donors (Lipinski definition) is 0. The highest BCUT2D eigenvalue weighted by molar-refractivity contribution is 5.81. The van der Waals surface area contributed by atoms with E-state index < -0.39 is 0 Å². The molecule has 10 heteroatoms. The molecule has 0 spiro atoms. The van der Waals surface area contributed by atoms with Crippen LogP contribution in [0, 0.1) is 41.5 Å². The zero-order valence-electron chi connectivity index (χ0n) is 84.6. The first-order valence-electron chi connectivity index (χ1n) is 50.4. The predicted molar refractivity (Wildman–Crippen MR) is 623 cm³/mol. The summed E-state index contributed by atoms with van der Waals surface area (Å²) in [6, 6.07) is 192. The van der Waals surface area contributed by atoms with Crippen LogP contribution in [0.15, 0.2) is 558 Å². The Labute approximate surface area is 879 Å². The van der Waals surface area contributed by atoms with Crippen molar-refractivity contribution in [3.05, 3.63) is 592 Å². The first kappa shape index (κ1) is 99.3. The molecule has 0 unspecified atom stereocenters. The molecule has 0 atom stereocenters. The first-order valence-corrected chi connectivity index (χ1v) is 50.4. The van der Waals surface area contributed by atoms with Gasteiger partial charge in [0, 0.05) is 72.6 Å². The topological polar surface area (TPSA) is 129 Å². The predicted octanol–water partition coefficient (Wildman–Crippen LogP) is 35.9. The molecule has 150 heavy (non-hydrogen) atoms. The van der Waals surface area contributed by atoms with Gasteiger partial charge in [0.2, 0.25) is 0 Å². The lowest BCUT2D eigenvalue weighted by Gasteiger charge is -2.10. The highest BCUT2D eigenvalue weighted by atomic mass is 15.0. The van der Waals surface area contributed by atoms with Crippen LogP contribution in [0.2, 0.25) is 0 Å². The smallest absolute Gasteiger partial charge is 0.163 e. The molecule has 0 radical (unpaired) electrons. The van der Waals surface area contributed by atoms with E-state index in [2.05, 4.69) is 426 Å². The molecule has 720 valence electrons. The molecule has 0 N–H and O–H groups in total. The fourth-order valence-electron chi connectivity index (χ4n) is 17.8. The Kier molecular flexibility index (Phi) is 32.6. The average Bonchev–Trinajstić information content (AvgIpc) is 0.775. The Morgan fingerprint density at radius 1 is 0.100 bits per heavy atom. The summed E-state index contributed by atoms with van der Waals surface area (Å²) in [4.78, 5) is 46.7. The lowest BCUT2D eigenvalue weighted by Crippen LogP contribution is -1.99. The largest absolute Gasteiger partial charge is 0.253 e. The van der Waals surface area contributed by atoms with Crippen LogP contribution in [0.25, 0.3) is 202 Å². The van der Waals surface area contributed by atoms with Crippen molar-refractivity contribution in [2.24, 2.45) is 0 Å². The van der Waals surface area contributed by atoms with Gasteiger partial charge in [-0.1, -0.05) is 515 Å². The SMILES string of the molecule is Cc1cc(-c2ccc(-c3ccccc3)cc2)cc(-c2ccccc2)n1.Cc1cc(-c2ccc(-c3ccccc3)cc2)nc(-c2ccccc2)n1.Cc1cc(-c2ccccc2)nc(-c2ccc(-c3ccccc3)cc2)c1.Cc1cccc(-c2cc(-c3ccccc3)nc(-c3ccccc3)c2)c1.Cc1nc(-c2ccccc2)cc(-c2ccc(-c3ccccc3)cc2)n1.Cc1nc(-c2ccccc2)nc(-c2ccc(-c3ccccc3)cc2)n1. The molecule has 0 amide bonds. The third kappa shape index (κ3) is 26.6. The minimum Gasteiger partial charge on any atom is -0.253 e. The summed E-state index contributed by atoms with van der Waals surface area (Å²) in [5, 5.41) is 0. The van der Waals surface area contributed by atoms with E-state index in [1.165, 1.54) is 89.0 Å². The maximum absolute atomic E-state index is 4.92. The number of hydrogen-bond acceptors (Lipinski definition) is 10. The van der Waals surface area contributed by atoms with Crippen molar-refractivity contribution >= 4 is 0 Å². The molecular formula is C140H110N10. The Balaban J connectivity index is 0.000000113. The second-order valence-electron chi connectivity index (χ2n) is 36.5. The fourth-order valence-corrected chi connectivity index (χ4v) is 17.8. The summed E-state index contributed by atoms with van der Waals surface area (Å²) in [6.45, 7) is 12.1. The number of aryl methyl sites for hydroxylation is 6. The van der Waals surface area contributed by atoms with Gasteiger partial charge >= 0.3 is 0 Å². The number of benzene rings is 18. The lowest BCUT2D eigenvalue weighted by molar-refractivity contribution is 0.992. The summed E-state index contributed by atoms with van der Waals surface area (Å²) in [7, 11) is 0. The zero-order chi connectivity index (χ0) is 102. The Hall–Kier alpha value is -19.4. The molecule has 24 rings (SSSR count). The third-order valence-electron chi connectivity index (χ3n) is 25.4. The number of aromatic nitrogens is 10. The van der Waals surface area contributed by atoms with E-state index in [-0.39, 0.29) is 0 Å². The van der Waals surface area contributed by atoms with Crippen molar-refractivity contribution < 1.29 is 0 Å². The van der Waals surface area contributed by atoms with Crippen molar-refractivity contribution in [3.8, 4) is 202 Å². The molecule has 18 aromatic carbocycles. The summed E-state index contributed by atoms with van der Waals surface area (Å²) in [5.41, 5.74) is 41.4. The van der Waals surface area contributed by atoms with Crippen LogP contribution >= 0.6 is 0 Å². The first-order chi connectivity index (χ1) is 73.8. The van der Waals surface area contributed by atoms with Gasteiger partial charge in [0.05, 0.1) is 45.6 Å². The van der Waals surface area contributed by atoms with Gasteiger partial charge in [0.25, 0.3) is 0 Å². The number of nitrogens with zero attached hydrogens (tertiary/aromatic N) is 10. The van der Waals surface area contributed by atoms with Gasteiger partial charge in [-0.15, -0.1) is 0 Å². The van der Waals surface area contributed by atoms with Crippen molar-refractivity contribution in [2.45, 2.75) is 41.5 Å². The molecule has 0 aliphatic rings. The van der Waals surface area contributed by atoms with Crippen LogP contribution in [0.1, 0.15) is 34.2 Å². The van der Waals surface area contributed by atoms with Crippen molar-refractivity contribution in [2.75, 3.05) is 0 Å². The molecule has 0 bridgehead atoms. The van der Waals surface area contributed by atoms with Crippen LogP contribution in [0.3, 0.4) is 0 Å². The Bertz CT molecular complexity index is 7440. The fraction of sp³-hybridized carbons (Fsp3) is 0.0429. The highest BCUT2D eigenvalue weighted by Gasteiger charge is 2.17. The van der Waals surface area contributed by atoms with E-state index in [9.17, 15) is 0 Å². The van der Waals surface area contributed by atoms with Gasteiger partial charge in [0.15, 0.2) is 17.5 Å². The van der Waals surface area contributed by atoms with Crippen LogP contribution in [-0.2, 0) is 0 Å². The number of rotatable bonds is 18. The second kappa shape index (κ2) is 49.2. The monoisotopic (exact) mass is 1930 g/mol. The standard InChI is InChI=1S/3C24H19N.2C23H18N2.C22H17N3/c1-18-9-8-14-21(15-18)22-16-23(19-10-4-2-5-11-19)25-24(17-22)20-12-6-3-7-13-20;1-18-16-23(17-24(25-18)22-10-6-3-7-11-22)21-14-12-20(13-15-21)19-8-4-2-5-9-19;1-18-16-23(21-10-6-3-7-11-21)25-24(17-18)22-14-12-20(13-15-22)19-8-4-2-5-9-19;1-17-24-22(20-10-6-3-7-11-20)16-23(25-17)21-14-12-19(13-15-21)18-8-4-2-5-9-18;1-17-16-22(25-23(24-17)21-10-6-3-7-11-21)20-14-12-19(13-15-20)18-8-4-2-5-9-18;1-16-23-21(19-10-6-3-7-11-19)25-22(24-16)20-14-12-18(13-15-20)17-8-4-2-5-9-17/h3*2-17H,1H3;2*2-16H,1H3;2-15H,1H3. The Morgan fingerprint density at radius 3 is 0.607 bits per heavy atom. The van der Waals surface area contributed by atoms with Gasteiger partial charge in [-0.05, 0) is 174 Å². The maximum Gasteiger partial charge on any atom is 0.163 e. The average molecular weight is 1930 g/mol. The maximum atomic E-state index is 4.92. The summed E-state index contributed by atoms with van der Waals surface area (Å²) in [6.07, 6.45) is 0. The van der Waals surface area contributed by atoms with E-state index in [0.29, 0.717) is 11.6 Å². The molecule has 6 aromatic heterocycles. The summed E-state index contributed by atoms with van der Waals surface area (Å²) < 4.78 is 0. The molecular weight excluding hydrogens is 1820 g/mol. The van der Waals surface area contributed by atoms with Gasteiger partial charge in [-0.3, -0.25) is 4.98 Å². The van der Waals surface area contributed by atoms with Gasteiger partial charge in [-0.25, -0.2) is 44.9 Å². The molecule has 10 nitrogen and oxygen atoms in total. The van der Waals surface area contributed by atoms with Crippen LogP contribution in [-0.4, -0.2) is 49.8 Å². The van der Waals surface area contributed by atoms with Crippen LogP contribution in [0.4, 0.5) is 0 Å². The van der Waals surface area contributed by atoms with E-state index in [1.54, 1.807) is 0 Å². The second-order valence-corrected chi connectivity index (χ2v) is 36.5. The molecule has 0 saturated carbocycles. The molecule has 0 saturated heterocycles. The van der Waals surface area contributed by atoms with E-state index in [0.717, 1.165) is 136 Å². The van der Waals surface area contributed by atoms with Gasteiger partial charge in [0.1, 0.15) is 11.6 Å². The van der Waals surface area contributed by atoms with Crippen LogP contribution in [0.5, 0.6) is 0 Å². The minimum absolute atomic E-state index is 0.700. The van der Waals surface area contributed by atoms with E-state index in [1.807, 2.05) is 204 Å². The minimum atomic E-state index is 0.700. The molecule has 0 aliphatic carbocycles. The quantitative estimate of drug-likeness (QED) is 0.0819. The van der Waals surface area contributed by atoms with Crippen molar-refractivity contribution in [3.63, 3.8) is 0 Å². The van der Waals surface area contributed by atoms with E-state index in [4.69, 9.17) is 19.9 Å². The normalized spacial score (nSPS) is 10.6. The molecule has 0 fully saturated rings. The Morgan fingerprint density at radius 2 is 0.300 bits per heavy atom.